The van der Waals surface area contributed by atoms with E-state index in [0.29, 0.717) is 12.3 Å². The Kier molecular flexibility index (Phi) is 4.17. The molecule has 1 fully saturated rings. The zero-order chi connectivity index (χ0) is 15.6. The molecule has 7 nitrogen and oxygen atoms in total. The van der Waals surface area contributed by atoms with Crippen molar-refractivity contribution in [2.45, 2.75) is 11.8 Å². The molecule has 2 unspecified atom stereocenters. The number of amides is 2. The molecule has 114 valence electrons. The molecular formula is C13H16N2O5S. The second kappa shape index (κ2) is 5.72. The van der Waals surface area contributed by atoms with Crippen molar-refractivity contribution in [2.24, 2.45) is 11.8 Å². The summed E-state index contributed by atoms with van der Waals surface area (Å²) in [5, 5.41) is 2.53. The molecule has 0 aliphatic carbocycles. The molecule has 2 atom stereocenters. The average molecular weight is 312 g/mol. The van der Waals surface area contributed by atoms with E-state index >= 15 is 0 Å². The number of rotatable bonds is 4. The highest BCUT2D eigenvalue weighted by Gasteiger charge is 2.39. The minimum atomic E-state index is -4.00. The molecule has 0 spiro atoms. The van der Waals surface area contributed by atoms with Crippen molar-refractivity contribution < 1.29 is 22.7 Å². The van der Waals surface area contributed by atoms with Gasteiger partial charge in [0.25, 0.3) is 10.0 Å². The minimum Gasteiger partial charge on any atom is -0.497 e. The molecule has 21 heavy (non-hydrogen) atoms. The third-order valence-electron chi connectivity index (χ3n) is 3.34. The van der Waals surface area contributed by atoms with Crippen LogP contribution in [-0.4, -0.2) is 33.9 Å². The Morgan fingerprint density at radius 1 is 1.33 bits per heavy atom. The smallest absolute Gasteiger partial charge is 0.264 e. The van der Waals surface area contributed by atoms with E-state index in [1.54, 1.807) is 6.92 Å². The number of hydrogen-bond donors (Lipinski definition) is 2. The van der Waals surface area contributed by atoms with Gasteiger partial charge in [-0.2, -0.15) is 0 Å². The number of nitrogens with one attached hydrogen (secondary N) is 2. The van der Waals surface area contributed by atoms with Gasteiger partial charge in [-0.25, -0.2) is 13.1 Å². The first-order valence-electron chi connectivity index (χ1n) is 6.33. The highest BCUT2D eigenvalue weighted by molar-refractivity contribution is 7.90. The molecular weight excluding hydrogens is 296 g/mol. The Balaban J connectivity index is 2.16. The Hall–Kier alpha value is -2.09. The van der Waals surface area contributed by atoms with Crippen molar-refractivity contribution in [3.05, 3.63) is 24.3 Å². The van der Waals surface area contributed by atoms with Crippen LogP contribution in [-0.2, 0) is 19.6 Å². The van der Waals surface area contributed by atoms with Gasteiger partial charge < -0.3 is 10.1 Å². The van der Waals surface area contributed by atoms with Gasteiger partial charge in [0.05, 0.1) is 12.0 Å². The molecule has 1 heterocycles. The summed E-state index contributed by atoms with van der Waals surface area (Å²) in [4.78, 5) is 23.5. The van der Waals surface area contributed by atoms with E-state index in [4.69, 9.17) is 4.74 Å². The van der Waals surface area contributed by atoms with E-state index in [9.17, 15) is 18.0 Å². The molecule has 1 aliphatic heterocycles. The predicted octanol–water partition coefficient (Wildman–Crippen LogP) is -0.118. The molecule has 2 rings (SSSR count). The fourth-order valence-corrected chi connectivity index (χ4v) is 3.14. The van der Waals surface area contributed by atoms with Crippen LogP contribution in [0.25, 0.3) is 0 Å². The van der Waals surface area contributed by atoms with Gasteiger partial charge in [0.2, 0.25) is 11.8 Å². The monoisotopic (exact) mass is 312 g/mol. The van der Waals surface area contributed by atoms with Crippen LogP contribution in [0, 0.1) is 11.8 Å². The fourth-order valence-electron chi connectivity index (χ4n) is 2.13. The third kappa shape index (κ3) is 3.15. The summed E-state index contributed by atoms with van der Waals surface area (Å²) in [6.07, 6.45) is 0. The van der Waals surface area contributed by atoms with Gasteiger partial charge in [-0.1, -0.05) is 6.92 Å². The van der Waals surface area contributed by atoms with Crippen LogP contribution in [0.1, 0.15) is 6.92 Å². The van der Waals surface area contributed by atoms with Crippen LogP contribution in [0.4, 0.5) is 0 Å². The number of carbonyl (C=O) groups excluding carboxylic acids is 2. The Labute approximate surface area is 122 Å². The van der Waals surface area contributed by atoms with Crippen LogP contribution in [0.5, 0.6) is 5.75 Å². The lowest BCUT2D eigenvalue weighted by Crippen LogP contribution is -2.40. The first-order chi connectivity index (χ1) is 9.85. The van der Waals surface area contributed by atoms with Crippen molar-refractivity contribution in [3.63, 3.8) is 0 Å². The largest absolute Gasteiger partial charge is 0.497 e. The zero-order valence-electron chi connectivity index (χ0n) is 11.6. The maximum atomic E-state index is 12.1. The van der Waals surface area contributed by atoms with Gasteiger partial charge in [-0.15, -0.1) is 0 Å². The summed E-state index contributed by atoms with van der Waals surface area (Å²) in [6, 6.07) is 5.60. The molecule has 1 aromatic carbocycles. The topological polar surface area (TPSA) is 102 Å². The first-order valence-corrected chi connectivity index (χ1v) is 7.82. The molecule has 0 saturated carbocycles. The Morgan fingerprint density at radius 3 is 2.43 bits per heavy atom. The summed E-state index contributed by atoms with van der Waals surface area (Å²) in [5.41, 5.74) is 0. The molecule has 0 aromatic heterocycles. The maximum absolute atomic E-state index is 12.1. The van der Waals surface area contributed by atoms with E-state index < -0.39 is 27.8 Å². The van der Waals surface area contributed by atoms with Gasteiger partial charge in [0, 0.05) is 6.54 Å². The van der Waals surface area contributed by atoms with Crippen molar-refractivity contribution in [2.75, 3.05) is 13.7 Å². The first kappa shape index (κ1) is 15.3. The average Bonchev–Trinajstić information content (AvgIpc) is 2.77. The lowest BCUT2D eigenvalue weighted by Gasteiger charge is -2.13. The lowest BCUT2D eigenvalue weighted by molar-refractivity contribution is -0.132. The number of benzene rings is 1. The number of sulfonamides is 1. The Bertz CT molecular complexity index is 654. The quantitative estimate of drug-likeness (QED) is 0.755. The van der Waals surface area contributed by atoms with E-state index in [1.165, 1.54) is 31.4 Å². The van der Waals surface area contributed by atoms with Gasteiger partial charge in [0.1, 0.15) is 11.7 Å². The molecule has 0 bridgehead atoms. The lowest BCUT2D eigenvalue weighted by atomic mass is 9.97. The molecule has 8 heteroatoms. The van der Waals surface area contributed by atoms with E-state index in [2.05, 4.69) is 5.32 Å². The SMILES string of the molecule is COc1ccc(S(=O)(=O)NC(=O)C2C(=O)NCC2C)cc1. The normalized spacial score (nSPS) is 21.7. The van der Waals surface area contributed by atoms with Crippen molar-refractivity contribution >= 4 is 21.8 Å². The second-order valence-corrected chi connectivity index (χ2v) is 6.53. The van der Waals surface area contributed by atoms with Crippen LogP contribution in [0.3, 0.4) is 0 Å². The summed E-state index contributed by atoms with van der Waals surface area (Å²) in [5.74, 6) is -2.00. The minimum absolute atomic E-state index is 0.0669. The summed E-state index contributed by atoms with van der Waals surface area (Å²) in [7, 11) is -2.54. The number of hydrogen-bond acceptors (Lipinski definition) is 5. The molecule has 1 aliphatic rings. The highest BCUT2D eigenvalue weighted by atomic mass is 32.2. The van der Waals surface area contributed by atoms with Gasteiger partial charge in [0.15, 0.2) is 0 Å². The van der Waals surface area contributed by atoms with Gasteiger partial charge >= 0.3 is 0 Å². The fraction of sp³-hybridized carbons (Fsp3) is 0.385. The van der Waals surface area contributed by atoms with Crippen molar-refractivity contribution in [1.82, 2.24) is 10.0 Å². The van der Waals surface area contributed by atoms with Gasteiger partial charge in [-0.05, 0) is 30.2 Å². The number of methoxy groups -OCH3 is 1. The maximum Gasteiger partial charge on any atom is 0.264 e. The standard InChI is InChI=1S/C13H16N2O5S/c1-8-7-14-12(16)11(8)13(17)15-21(18,19)10-5-3-9(20-2)4-6-10/h3-6,8,11H,7H2,1-2H3,(H,14,16)(H,15,17). The predicted molar refractivity (Wildman–Crippen MR) is 74.0 cm³/mol. The molecule has 0 radical (unpaired) electrons. The van der Waals surface area contributed by atoms with Crippen LogP contribution in [0.15, 0.2) is 29.2 Å². The second-order valence-electron chi connectivity index (χ2n) is 4.85. The van der Waals surface area contributed by atoms with E-state index in [0.717, 1.165) is 0 Å². The molecule has 2 N–H and O–H groups in total. The summed E-state index contributed by atoms with van der Waals surface area (Å²) in [6.45, 7) is 2.07. The zero-order valence-corrected chi connectivity index (χ0v) is 12.4. The van der Waals surface area contributed by atoms with Crippen LogP contribution < -0.4 is 14.8 Å². The molecule has 1 saturated heterocycles. The summed E-state index contributed by atoms with van der Waals surface area (Å²) < 4.78 is 31.1. The Morgan fingerprint density at radius 2 is 1.95 bits per heavy atom. The van der Waals surface area contributed by atoms with Crippen molar-refractivity contribution in [3.8, 4) is 5.75 Å². The van der Waals surface area contributed by atoms with Crippen LogP contribution in [0.2, 0.25) is 0 Å². The third-order valence-corrected chi connectivity index (χ3v) is 4.70. The van der Waals surface area contributed by atoms with E-state index in [-0.39, 0.29) is 10.8 Å². The van der Waals surface area contributed by atoms with Crippen molar-refractivity contribution in [1.29, 1.82) is 0 Å². The summed E-state index contributed by atoms with van der Waals surface area (Å²) >= 11 is 0. The van der Waals surface area contributed by atoms with Gasteiger partial charge in [-0.3, -0.25) is 9.59 Å². The molecule has 2 amide bonds. The number of carbonyl (C=O) groups is 2. The van der Waals surface area contributed by atoms with E-state index in [1.807, 2.05) is 4.72 Å². The number of ether oxygens (including phenoxy) is 1. The van der Waals surface area contributed by atoms with Crippen LogP contribution >= 0.6 is 0 Å². The molecule has 1 aromatic rings. The highest BCUT2D eigenvalue weighted by Crippen LogP contribution is 2.19.